The van der Waals surface area contributed by atoms with Crippen molar-refractivity contribution in [3.63, 3.8) is 0 Å². The third-order valence-electron chi connectivity index (χ3n) is 5.82. The van der Waals surface area contributed by atoms with Crippen LogP contribution >= 0.6 is 11.3 Å². The van der Waals surface area contributed by atoms with Gasteiger partial charge < -0.3 is 4.57 Å². The minimum absolute atomic E-state index is 0.172. The summed E-state index contributed by atoms with van der Waals surface area (Å²) in [5.41, 5.74) is 2.29. The highest BCUT2D eigenvalue weighted by Crippen LogP contribution is 2.25. The number of carbonyl (C=O) groups excluding carboxylic acids is 1. The van der Waals surface area contributed by atoms with Crippen molar-refractivity contribution in [2.75, 3.05) is 13.1 Å². The zero-order valence-corrected chi connectivity index (χ0v) is 19.6. The van der Waals surface area contributed by atoms with Gasteiger partial charge in [-0.1, -0.05) is 49.4 Å². The van der Waals surface area contributed by atoms with E-state index in [0.717, 1.165) is 10.2 Å². The zero-order valence-electron chi connectivity index (χ0n) is 18.0. The van der Waals surface area contributed by atoms with Gasteiger partial charge in [0, 0.05) is 20.1 Å². The maximum Gasteiger partial charge on any atom is 0.252 e. The summed E-state index contributed by atoms with van der Waals surface area (Å²) in [6, 6.07) is 14.7. The van der Waals surface area contributed by atoms with Crippen molar-refractivity contribution in [3.05, 3.63) is 58.9 Å². The number of aryl methyl sites for hydroxylation is 1. The molecule has 8 heteroatoms. The van der Waals surface area contributed by atoms with Crippen LogP contribution in [-0.4, -0.2) is 36.3 Å². The van der Waals surface area contributed by atoms with Crippen LogP contribution in [0.1, 0.15) is 38.2 Å². The van der Waals surface area contributed by atoms with Crippen molar-refractivity contribution in [3.8, 4) is 0 Å². The maximum absolute atomic E-state index is 13.0. The standard InChI is InChI=1S/C23H27N3O3S2/c1-16(2)17-11-12-20-21(14-17)30-23(25(20)3)24-22(27)18-8-7-13-26(15-18)31(28,29)19-9-5-4-6-10-19/h4-6,9-12,14,16,18H,7-8,13,15H2,1-3H3. The topological polar surface area (TPSA) is 71.7 Å². The van der Waals surface area contributed by atoms with E-state index in [2.05, 4.69) is 37.0 Å². The minimum Gasteiger partial charge on any atom is -0.319 e. The third-order valence-corrected chi connectivity index (χ3v) is 8.79. The first-order chi connectivity index (χ1) is 14.8. The molecule has 3 aromatic rings. The average Bonchev–Trinajstić information content (AvgIpc) is 3.09. The van der Waals surface area contributed by atoms with Crippen LogP contribution in [0.15, 0.2) is 58.4 Å². The molecule has 2 aromatic carbocycles. The molecule has 1 unspecified atom stereocenters. The number of hydrogen-bond acceptors (Lipinski definition) is 4. The molecule has 0 spiro atoms. The number of hydrogen-bond donors (Lipinski definition) is 0. The molecule has 1 aliphatic heterocycles. The fraction of sp³-hybridized carbons (Fsp3) is 0.391. The number of rotatable bonds is 4. The molecule has 1 fully saturated rings. The van der Waals surface area contributed by atoms with E-state index in [1.807, 2.05) is 11.6 Å². The summed E-state index contributed by atoms with van der Waals surface area (Å²) in [6.07, 6.45) is 1.30. The SMILES string of the molecule is CC(C)c1ccc2c(c1)sc(=NC(=O)C1CCCN(S(=O)(=O)c3ccccc3)C1)n2C. The summed E-state index contributed by atoms with van der Waals surface area (Å²) in [4.78, 5) is 18.3. The van der Waals surface area contributed by atoms with Gasteiger partial charge in [-0.25, -0.2) is 8.42 Å². The molecule has 164 valence electrons. The largest absolute Gasteiger partial charge is 0.319 e. The number of thiazole rings is 1. The van der Waals surface area contributed by atoms with E-state index in [0.29, 0.717) is 30.1 Å². The molecule has 1 amide bonds. The van der Waals surface area contributed by atoms with Gasteiger partial charge in [0.25, 0.3) is 5.91 Å². The molecule has 0 saturated carbocycles. The highest BCUT2D eigenvalue weighted by atomic mass is 32.2. The molecule has 0 radical (unpaired) electrons. The smallest absolute Gasteiger partial charge is 0.252 e. The number of benzene rings is 2. The molecule has 1 aromatic heterocycles. The van der Waals surface area contributed by atoms with E-state index in [-0.39, 0.29) is 17.3 Å². The van der Waals surface area contributed by atoms with E-state index in [9.17, 15) is 13.2 Å². The van der Waals surface area contributed by atoms with Gasteiger partial charge in [0.1, 0.15) is 0 Å². The lowest BCUT2D eigenvalue weighted by Gasteiger charge is -2.30. The second kappa shape index (κ2) is 8.68. The first kappa shape index (κ1) is 21.9. The fourth-order valence-corrected chi connectivity index (χ4v) is 6.52. The molecule has 1 saturated heterocycles. The lowest BCUT2D eigenvalue weighted by Crippen LogP contribution is -2.42. The Morgan fingerprint density at radius 1 is 1.16 bits per heavy atom. The van der Waals surface area contributed by atoms with Crippen LogP contribution in [0.4, 0.5) is 0 Å². The Bertz CT molecular complexity index is 1270. The van der Waals surface area contributed by atoms with E-state index < -0.39 is 15.9 Å². The highest BCUT2D eigenvalue weighted by Gasteiger charge is 2.33. The van der Waals surface area contributed by atoms with Gasteiger partial charge in [-0.3, -0.25) is 4.79 Å². The molecule has 2 heterocycles. The maximum atomic E-state index is 13.0. The molecule has 1 aliphatic rings. The van der Waals surface area contributed by atoms with Crippen LogP contribution in [0.3, 0.4) is 0 Å². The Morgan fingerprint density at radius 2 is 1.90 bits per heavy atom. The summed E-state index contributed by atoms with van der Waals surface area (Å²) in [7, 11) is -1.70. The number of amides is 1. The van der Waals surface area contributed by atoms with Gasteiger partial charge in [0.05, 0.1) is 21.0 Å². The minimum atomic E-state index is -3.61. The molecule has 31 heavy (non-hydrogen) atoms. The lowest BCUT2D eigenvalue weighted by atomic mass is 9.99. The van der Waals surface area contributed by atoms with Crippen molar-refractivity contribution in [1.82, 2.24) is 8.87 Å². The first-order valence-electron chi connectivity index (χ1n) is 10.5. The van der Waals surface area contributed by atoms with Crippen molar-refractivity contribution in [2.24, 2.45) is 18.0 Å². The summed E-state index contributed by atoms with van der Waals surface area (Å²) < 4.78 is 30.4. The summed E-state index contributed by atoms with van der Waals surface area (Å²) >= 11 is 1.49. The van der Waals surface area contributed by atoms with Crippen molar-refractivity contribution in [1.29, 1.82) is 0 Å². The fourth-order valence-electron chi connectivity index (χ4n) is 3.91. The molecule has 0 aliphatic carbocycles. The number of aromatic nitrogens is 1. The third kappa shape index (κ3) is 4.37. The van der Waals surface area contributed by atoms with Crippen molar-refractivity contribution >= 4 is 37.5 Å². The zero-order chi connectivity index (χ0) is 22.2. The predicted molar refractivity (Wildman–Crippen MR) is 123 cm³/mol. The summed E-state index contributed by atoms with van der Waals surface area (Å²) in [5.74, 6) is -0.249. The van der Waals surface area contributed by atoms with E-state index in [1.165, 1.54) is 21.2 Å². The van der Waals surface area contributed by atoms with Crippen LogP contribution in [0.2, 0.25) is 0 Å². The van der Waals surface area contributed by atoms with Gasteiger partial charge in [0.2, 0.25) is 10.0 Å². The van der Waals surface area contributed by atoms with E-state index in [4.69, 9.17) is 0 Å². The Balaban J connectivity index is 1.60. The number of nitrogens with zero attached hydrogens (tertiary/aromatic N) is 3. The van der Waals surface area contributed by atoms with Crippen LogP contribution in [0.25, 0.3) is 10.2 Å². The van der Waals surface area contributed by atoms with Crippen LogP contribution in [0, 0.1) is 5.92 Å². The molecule has 4 rings (SSSR count). The number of piperidine rings is 1. The van der Waals surface area contributed by atoms with Crippen molar-refractivity contribution < 1.29 is 13.2 Å². The highest BCUT2D eigenvalue weighted by molar-refractivity contribution is 7.89. The monoisotopic (exact) mass is 457 g/mol. The molecular formula is C23H27N3O3S2. The number of fused-ring (bicyclic) bond motifs is 1. The Morgan fingerprint density at radius 3 is 2.61 bits per heavy atom. The Kier molecular flexibility index (Phi) is 6.14. The molecular weight excluding hydrogens is 430 g/mol. The molecule has 0 N–H and O–H groups in total. The van der Waals surface area contributed by atoms with Gasteiger partial charge in [0.15, 0.2) is 4.80 Å². The Hall–Kier alpha value is -2.29. The van der Waals surface area contributed by atoms with Crippen LogP contribution < -0.4 is 4.80 Å². The predicted octanol–water partition coefficient (Wildman–Crippen LogP) is 3.89. The Labute approximate surface area is 186 Å². The number of carbonyl (C=O) groups is 1. The normalized spacial score (nSPS) is 18.7. The van der Waals surface area contributed by atoms with Gasteiger partial charge in [-0.05, 0) is 48.6 Å². The average molecular weight is 458 g/mol. The quantitative estimate of drug-likeness (QED) is 0.597. The molecule has 0 bridgehead atoms. The number of sulfonamides is 1. The molecule has 1 atom stereocenters. The van der Waals surface area contributed by atoms with Crippen molar-refractivity contribution in [2.45, 2.75) is 37.5 Å². The van der Waals surface area contributed by atoms with Crippen LogP contribution in [-0.2, 0) is 21.9 Å². The first-order valence-corrected chi connectivity index (χ1v) is 12.8. The van der Waals surface area contributed by atoms with Gasteiger partial charge in [-0.2, -0.15) is 9.30 Å². The van der Waals surface area contributed by atoms with Gasteiger partial charge in [-0.15, -0.1) is 0 Å². The van der Waals surface area contributed by atoms with Gasteiger partial charge >= 0.3 is 0 Å². The second-order valence-corrected chi connectivity index (χ2v) is 11.2. The van der Waals surface area contributed by atoms with E-state index >= 15 is 0 Å². The van der Waals surface area contributed by atoms with Crippen LogP contribution in [0.5, 0.6) is 0 Å². The molecule has 6 nitrogen and oxygen atoms in total. The van der Waals surface area contributed by atoms with E-state index in [1.54, 1.807) is 30.3 Å². The summed E-state index contributed by atoms with van der Waals surface area (Å²) in [6.45, 7) is 4.91. The summed E-state index contributed by atoms with van der Waals surface area (Å²) in [5, 5.41) is 0. The lowest BCUT2D eigenvalue weighted by molar-refractivity contribution is -0.122. The second-order valence-electron chi connectivity index (χ2n) is 8.29.